The number of halogens is 1. The fraction of sp³-hybridized carbons (Fsp3) is 0.0909. The third-order valence-corrected chi connectivity index (χ3v) is 4.29. The first-order chi connectivity index (χ1) is 13.5. The van der Waals surface area contributed by atoms with Crippen LogP contribution >= 0.6 is 11.6 Å². The number of anilines is 2. The summed E-state index contributed by atoms with van der Waals surface area (Å²) in [6.07, 6.45) is -0.692. The maximum Gasteiger partial charge on any atom is 0.265 e. The summed E-state index contributed by atoms with van der Waals surface area (Å²) in [4.78, 5) is 24.6. The Morgan fingerprint density at radius 2 is 1.50 bits per heavy atom. The maximum atomic E-state index is 12.3. The van der Waals surface area contributed by atoms with Crippen LogP contribution in [0.4, 0.5) is 11.4 Å². The van der Waals surface area contributed by atoms with Crippen molar-refractivity contribution >= 4 is 34.8 Å². The zero-order valence-corrected chi connectivity index (χ0v) is 15.9. The minimum Gasteiger partial charge on any atom is -0.481 e. The zero-order chi connectivity index (χ0) is 19.9. The predicted molar refractivity (Wildman–Crippen MR) is 111 cm³/mol. The number of hydrogen-bond acceptors (Lipinski definition) is 3. The van der Waals surface area contributed by atoms with Gasteiger partial charge in [-0.3, -0.25) is 9.59 Å². The van der Waals surface area contributed by atoms with E-state index in [9.17, 15) is 9.59 Å². The number of carbonyl (C=O) groups excluding carboxylic acids is 2. The van der Waals surface area contributed by atoms with Gasteiger partial charge in [-0.1, -0.05) is 41.9 Å². The molecule has 0 unspecified atom stereocenters. The van der Waals surface area contributed by atoms with Crippen LogP contribution in [0.1, 0.15) is 17.3 Å². The first kappa shape index (κ1) is 19.5. The van der Waals surface area contributed by atoms with Gasteiger partial charge in [-0.2, -0.15) is 0 Å². The van der Waals surface area contributed by atoms with Crippen LogP contribution in [0.3, 0.4) is 0 Å². The van der Waals surface area contributed by atoms with Crippen LogP contribution in [-0.2, 0) is 4.79 Å². The molecule has 0 radical (unpaired) electrons. The molecule has 5 nitrogen and oxygen atoms in total. The summed E-state index contributed by atoms with van der Waals surface area (Å²) in [6.45, 7) is 1.66. The van der Waals surface area contributed by atoms with Gasteiger partial charge in [-0.25, -0.2) is 0 Å². The van der Waals surface area contributed by atoms with Crippen LogP contribution in [0.25, 0.3) is 0 Å². The summed E-state index contributed by atoms with van der Waals surface area (Å²) in [5, 5.41) is 6.01. The summed E-state index contributed by atoms with van der Waals surface area (Å²) >= 11 is 6.05. The Hall–Kier alpha value is -3.31. The van der Waals surface area contributed by atoms with Crippen molar-refractivity contribution in [2.75, 3.05) is 10.6 Å². The molecule has 0 aliphatic carbocycles. The van der Waals surface area contributed by atoms with Crippen molar-refractivity contribution in [3.05, 3.63) is 89.4 Å². The molecule has 0 spiro atoms. The van der Waals surface area contributed by atoms with Crippen LogP contribution in [-0.4, -0.2) is 17.9 Å². The molecule has 2 amide bonds. The maximum absolute atomic E-state index is 12.3. The van der Waals surface area contributed by atoms with Gasteiger partial charge in [-0.05, 0) is 55.5 Å². The molecule has 28 heavy (non-hydrogen) atoms. The van der Waals surface area contributed by atoms with Crippen LogP contribution in [0.15, 0.2) is 78.9 Å². The Bertz CT molecular complexity index is 959. The standard InChI is InChI=1S/C22H19ClN2O3/c1-15(21(26)24-17-7-3-2-4-8-17)28-18-13-11-16(12-14-18)22(27)25-20-10-6-5-9-19(20)23/h2-15H,1H3,(H,24,26)(H,25,27)/t15-/m0/s1. The Morgan fingerprint density at radius 1 is 0.857 bits per heavy atom. The zero-order valence-electron chi connectivity index (χ0n) is 15.2. The Morgan fingerprint density at radius 3 is 2.18 bits per heavy atom. The normalized spacial score (nSPS) is 11.4. The van der Waals surface area contributed by atoms with Crippen LogP contribution in [0.5, 0.6) is 5.75 Å². The SMILES string of the molecule is C[C@H](Oc1ccc(C(=O)Nc2ccccc2Cl)cc1)C(=O)Nc1ccccc1. The van der Waals surface area contributed by atoms with E-state index in [4.69, 9.17) is 16.3 Å². The van der Waals surface area contributed by atoms with Gasteiger partial charge >= 0.3 is 0 Å². The van der Waals surface area contributed by atoms with Crippen LogP contribution < -0.4 is 15.4 Å². The van der Waals surface area contributed by atoms with Gasteiger partial charge in [0.05, 0.1) is 10.7 Å². The lowest BCUT2D eigenvalue weighted by Gasteiger charge is -2.15. The Labute approximate surface area is 168 Å². The highest BCUT2D eigenvalue weighted by molar-refractivity contribution is 6.33. The number of amides is 2. The fourth-order valence-electron chi connectivity index (χ4n) is 2.46. The van der Waals surface area contributed by atoms with E-state index < -0.39 is 6.10 Å². The van der Waals surface area contributed by atoms with Gasteiger partial charge in [0.15, 0.2) is 6.10 Å². The van der Waals surface area contributed by atoms with Crippen molar-refractivity contribution in [2.45, 2.75) is 13.0 Å². The minimum atomic E-state index is -0.692. The van der Waals surface area contributed by atoms with E-state index in [1.54, 1.807) is 67.6 Å². The van der Waals surface area contributed by atoms with Crippen molar-refractivity contribution in [3.8, 4) is 5.75 Å². The first-order valence-corrected chi connectivity index (χ1v) is 9.09. The Balaban J connectivity index is 1.58. The van der Waals surface area contributed by atoms with Gasteiger partial charge in [0, 0.05) is 11.3 Å². The molecule has 3 rings (SSSR count). The highest BCUT2D eigenvalue weighted by Gasteiger charge is 2.15. The molecule has 3 aromatic carbocycles. The molecular formula is C22H19ClN2O3. The number of carbonyl (C=O) groups is 2. The first-order valence-electron chi connectivity index (χ1n) is 8.71. The fourth-order valence-corrected chi connectivity index (χ4v) is 2.65. The molecule has 3 aromatic rings. The summed E-state index contributed by atoms with van der Waals surface area (Å²) in [6, 6.07) is 22.7. The third-order valence-electron chi connectivity index (χ3n) is 3.96. The molecule has 0 heterocycles. The number of para-hydroxylation sites is 2. The van der Waals surface area contributed by atoms with Gasteiger partial charge in [0.2, 0.25) is 0 Å². The van der Waals surface area contributed by atoms with Crippen molar-refractivity contribution in [3.63, 3.8) is 0 Å². The molecule has 0 aromatic heterocycles. The van der Waals surface area contributed by atoms with Gasteiger partial charge in [0.1, 0.15) is 5.75 Å². The quantitative estimate of drug-likeness (QED) is 0.618. The summed E-state index contributed by atoms with van der Waals surface area (Å²) in [5.74, 6) is -0.0498. The topological polar surface area (TPSA) is 67.4 Å². The van der Waals surface area contributed by atoms with E-state index in [-0.39, 0.29) is 11.8 Å². The molecule has 0 aliphatic heterocycles. The molecule has 0 bridgehead atoms. The van der Waals surface area contributed by atoms with Crippen LogP contribution in [0, 0.1) is 0 Å². The molecule has 2 N–H and O–H groups in total. The molecular weight excluding hydrogens is 376 g/mol. The smallest absolute Gasteiger partial charge is 0.265 e. The third kappa shape index (κ3) is 5.11. The summed E-state index contributed by atoms with van der Waals surface area (Å²) in [5.41, 5.74) is 1.70. The van der Waals surface area contributed by atoms with Crippen molar-refractivity contribution in [1.82, 2.24) is 0 Å². The molecule has 6 heteroatoms. The second-order valence-corrected chi connectivity index (χ2v) is 6.48. The van der Waals surface area contributed by atoms with Gasteiger partial charge in [0.25, 0.3) is 11.8 Å². The lowest BCUT2D eigenvalue weighted by atomic mass is 10.2. The summed E-state index contributed by atoms with van der Waals surface area (Å²) < 4.78 is 5.66. The molecule has 0 fully saturated rings. The van der Waals surface area contributed by atoms with E-state index in [0.717, 1.165) is 0 Å². The number of nitrogens with one attached hydrogen (secondary N) is 2. The van der Waals surface area contributed by atoms with Crippen molar-refractivity contribution in [1.29, 1.82) is 0 Å². The number of hydrogen-bond donors (Lipinski definition) is 2. The van der Waals surface area contributed by atoms with E-state index in [0.29, 0.717) is 27.7 Å². The van der Waals surface area contributed by atoms with Gasteiger partial charge < -0.3 is 15.4 Å². The second-order valence-electron chi connectivity index (χ2n) is 6.07. The van der Waals surface area contributed by atoms with E-state index in [1.807, 2.05) is 18.2 Å². The van der Waals surface area contributed by atoms with E-state index >= 15 is 0 Å². The number of benzene rings is 3. The van der Waals surface area contributed by atoms with Crippen molar-refractivity contribution < 1.29 is 14.3 Å². The monoisotopic (exact) mass is 394 g/mol. The predicted octanol–water partition coefficient (Wildman–Crippen LogP) is 5.00. The average molecular weight is 395 g/mol. The summed E-state index contributed by atoms with van der Waals surface area (Å²) in [7, 11) is 0. The second kappa shape index (κ2) is 9.06. The molecule has 0 aliphatic rings. The van der Waals surface area contributed by atoms with E-state index in [1.165, 1.54) is 0 Å². The average Bonchev–Trinajstić information content (AvgIpc) is 2.71. The molecule has 1 atom stereocenters. The highest BCUT2D eigenvalue weighted by atomic mass is 35.5. The minimum absolute atomic E-state index is 0.258. The van der Waals surface area contributed by atoms with Crippen molar-refractivity contribution in [2.24, 2.45) is 0 Å². The van der Waals surface area contributed by atoms with E-state index in [2.05, 4.69) is 10.6 Å². The molecule has 0 saturated carbocycles. The highest BCUT2D eigenvalue weighted by Crippen LogP contribution is 2.22. The van der Waals surface area contributed by atoms with Crippen LogP contribution in [0.2, 0.25) is 5.02 Å². The number of ether oxygens (including phenoxy) is 1. The van der Waals surface area contributed by atoms with Gasteiger partial charge in [-0.15, -0.1) is 0 Å². The largest absolute Gasteiger partial charge is 0.481 e. The lowest BCUT2D eigenvalue weighted by Crippen LogP contribution is -2.30. The molecule has 0 saturated heterocycles. The lowest BCUT2D eigenvalue weighted by molar-refractivity contribution is -0.122. The molecule has 142 valence electrons. The Kier molecular flexibility index (Phi) is 6.29. The number of rotatable bonds is 6.